The molecule has 114 valence electrons. The third-order valence-corrected chi connectivity index (χ3v) is 3.71. The van der Waals surface area contributed by atoms with Crippen LogP contribution in [0.15, 0.2) is 18.2 Å². The van der Waals surface area contributed by atoms with E-state index in [0.717, 1.165) is 12.1 Å². The maximum Gasteiger partial charge on any atom is 0.249 e. The average Bonchev–Trinajstić information content (AvgIpc) is 2.43. The predicted octanol–water partition coefficient (Wildman–Crippen LogP) is 1.35. The first-order chi connectivity index (χ1) is 9.95. The summed E-state index contributed by atoms with van der Waals surface area (Å²) < 4.78 is 14.4. The fourth-order valence-electron chi connectivity index (χ4n) is 2.59. The molecule has 2 amide bonds. The summed E-state index contributed by atoms with van der Waals surface area (Å²) in [6, 6.07) is 4.13. The van der Waals surface area contributed by atoms with Crippen LogP contribution in [0.4, 0.5) is 10.1 Å². The molecule has 0 aliphatic carbocycles. The number of nitrogens with zero attached hydrogens (tertiary/aromatic N) is 1. The van der Waals surface area contributed by atoms with E-state index < -0.39 is 23.7 Å². The third kappa shape index (κ3) is 3.05. The number of hydrogen-bond acceptors (Lipinski definition) is 4. The van der Waals surface area contributed by atoms with Crippen LogP contribution in [0.5, 0.6) is 0 Å². The summed E-state index contributed by atoms with van der Waals surface area (Å²) in [6.45, 7) is 6.27. The number of halogens is 1. The number of benzene rings is 1. The highest BCUT2D eigenvalue weighted by atomic mass is 19.1. The summed E-state index contributed by atoms with van der Waals surface area (Å²) in [4.78, 5) is 24.9. The largest absolute Gasteiger partial charge is 0.348 e. The van der Waals surface area contributed by atoms with Gasteiger partial charge in [0.1, 0.15) is 11.9 Å². The summed E-state index contributed by atoms with van der Waals surface area (Å²) in [6.07, 6.45) is 0. The number of anilines is 1. The maximum absolute atomic E-state index is 14.4. The van der Waals surface area contributed by atoms with Crippen LogP contribution in [0.1, 0.15) is 32.4 Å². The highest BCUT2D eigenvalue weighted by Crippen LogP contribution is 2.31. The van der Waals surface area contributed by atoms with Crippen LogP contribution < -0.4 is 15.5 Å². The smallest absolute Gasteiger partial charge is 0.249 e. The minimum Gasteiger partial charge on any atom is -0.348 e. The third-order valence-electron chi connectivity index (χ3n) is 3.71. The minimum absolute atomic E-state index is 0.0281. The van der Waals surface area contributed by atoms with Crippen molar-refractivity contribution in [3.8, 4) is 0 Å². The molecule has 2 atom stereocenters. The molecule has 1 aliphatic rings. The molecule has 0 radical (unpaired) electrons. The van der Waals surface area contributed by atoms with Crippen molar-refractivity contribution in [3.05, 3.63) is 29.6 Å². The number of imide groups is 1. The van der Waals surface area contributed by atoms with Gasteiger partial charge in [-0.15, -0.1) is 0 Å². The van der Waals surface area contributed by atoms with Gasteiger partial charge in [0.15, 0.2) is 0 Å². The number of rotatable bonds is 4. The number of carbonyl (C=O) groups is 2. The lowest BCUT2D eigenvalue weighted by molar-refractivity contribution is -0.132. The Hall–Kier alpha value is -1.95. The zero-order valence-electron chi connectivity index (χ0n) is 12.4. The Morgan fingerprint density at radius 3 is 2.86 bits per heavy atom. The van der Waals surface area contributed by atoms with Crippen LogP contribution in [0, 0.1) is 5.82 Å². The molecular weight excluding hydrogens is 273 g/mol. The van der Waals surface area contributed by atoms with E-state index in [1.165, 1.54) is 11.0 Å². The molecule has 1 aromatic carbocycles. The van der Waals surface area contributed by atoms with Gasteiger partial charge in [0.2, 0.25) is 11.8 Å². The molecule has 1 fully saturated rings. The molecule has 21 heavy (non-hydrogen) atoms. The second kappa shape index (κ2) is 6.22. The van der Waals surface area contributed by atoms with Crippen molar-refractivity contribution in [1.82, 2.24) is 10.6 Å². The fraction of sp³-hybridized carbons (Fsp3) is 0.467. The van der Waals surface area contributed by atoms with Crippen LogP contribution in [-0.4, -0.2) is 30.9 Å². The van der Waals surface area contributed by atoms with Gasteiger partial charge in [-0.3, -0.25) is 14.9 Å². The molecule has 2 unspecified atom stereocenters. The zero-order valence-corrected chi connectivity index (χ0v) is 12.4. The number of hydrogen-bond donors (Lipinski definition) is 2. The normalized spacial score (nSPS) is 20.4. The van der Waals surface area contributed by atoms with Gasteiger partial charge in [0, 0.05) is 6.04 Å². The number of amides is 2. The van der Waals surface area contributed by atoms with Gasteiger partial charge < -0.3 is 10.2 Å². The molecule has 1 aromatic rings. The number of piperazine rings is 1. The standard InChI is InChI=1S/C15H20FN3O2/c1-4-17-9(2)11-6-5-7-12(16)14(11)19-8-13(20)18-15(21)10(19)3/h5-7,9-10,17H,4,8H2,1-3H3,(H,18,20,21). The number of carbonyl (C=O) groups excluding carboxylic acids is 2. The topological polar surface area (TPSA) is 61.4 Å². The highest BCUT2D eigenvalue weighted by molar-refractivity contribution is 6.04. The molecule has 0 spiro atoms. The zero-order chi connectivity index (χ0) is 15.6. The number of para-hydroxylation sites is 1. The molecule has 2 rings (SSSR count). The van der Waals surface area contributed by atoms with Crippen molar-refractivity contribution in [1.29, 1.82) is 0 Å². The van der Waals surface area contributed by atoms with Crippen molar-refractivity contribution in [2.75, 3.05) is 18.0 Å². The summed E-state index contributed by atoms with van der Waals surface area (Å²) in [5, 5.41) is 5.49. The van der Waals surface area contributed by atoms with Gasteiger partial charge in [-0.05, 0) is 32.0 Å². The molecule has 1 heterocycles. The lowest BCUT2D eigenvalue weighted by Gasteiger charge is -2.36. The molecule has 1 saturated heterocycles. The summed E-state index contributed by atoms with van der Waals surface area (Å²) >= 11 is 0. The van der Waals surface area contributed by atoms with Gasteiger partial charge in [-0.25, -0.2) is 4.39 Å². The van der Waals surface area contributed by atoms with E-state index in [-0.39, 0.29) is 12.6 Å². The van der Waals surface area contributed by atoms with Gasteiger partial charge >= 0.3 is 0 Å². The van der Waals surface area contributed by atoms with E-state index in [2.05, 4.69) is 10.6 Å². The molecule has 1 aliphatic heterocycles. The van der Waals surface area contributed by atoms with Crippen molar-refractivity contribution in [2.24, 2.45) is 0 Å². The second-order valence-corrected chi connectivity index (χ2v) is 5.17. The van der Waals surface area contributed by atoms with E-state index in [1.807, 2.05) is 19.9 Å². The Kier molecular flexibility index (Phi) is 4.57. The molecular formula is C15H20FN3O2. The highest BCUT2D eigenvalue weighted by Gasteiger charge is 2.33. The Morgan fingerprint density at radius 1 is 1.48 bits per heavy atom. The first-order valence-electron chi connectivity index (χ1n) is 7.07. The quantitative estimate of drug-likeness (QED) is 0.823. The monoisotopic (exact) mass is 293 g/mol. The fourth-order valence-corrected chi connectivity index (χ4v) is 2.59. The summed E-state index contributed by atoms with van der Waals surface area (Å²) in [5.41, 5.74) is 1.06. The Labute approximate surface area is 123 Å². The van der Waals surface area contributed by atoms with Crippen LogP contribution in [0.2, 0.25) is 0 Å². The van der Waals surface area contributed by atoms with Crippen molar-refractivity contribution in [2.45, 2.75) is 32.9 Å². The Balaban J connectivity index is 2.46. The average molecular weight is 293 g/mol. The van der Waals surface area contributed by atoms with Gasteiger partial charge in [0.05, 0.1) is 12.2 Å². The second-order valence-electron chi connectivity index (χ2n) is 5.17. The van der Waals surface area contributed by atoms with Crippen molar-refractivity contribution >= 4 is 17.5 Å². The SMILES string of the molecule is CCNC(C)c1cccc(F)c1N1CC(=O)NC(=O)C1C. The Morgan fingerprint density at radius 2 is 2.19 bits per heavy atom. The molecule has 6 heteroatoms. The number of nitrogens with one attached hydrogen (secondary N) is 2. The van der Waals surface area contributed by atoms with E-state index in [9.17, 15) is 14.0 Å². The lowest BCUT2D eigenvalue weighted by atomic mass is 10.0. The van der Waals surface area contributed by atoms with E-state index in [4.69, 9.17) is 0 Å². The van der Waals surface area contributed by atoms with Gasteiger partial charge in [-0.2, -0.15) is 0 Å². The van der Waals surface area contributed by atoms with Gasteiger partial charge in [0.25, 0.3) is 0 Å². The minimum atomic E-state index is -0.591. The first-order valence-corrected chi connectivity index (χ1v) is 7.07. The predicted molar refractivity (Wildman–Crippen MR) is 78.4 cm³/mol. The van der Waals surface area contributed by atoms with Crippen molar-refractivity contribution < 1.29 is 14.0 Å². The summed E-state index contributed by atoms with van der Waals surface area (Å²) in [5.74, 6) is -1.24. The van der Waals surface area contributed by atoms with Crippen LogP contribution in [-0.2, 0) is 9.59 Å². The summed E-state index contributed by atoms with van der Waals surface area (Å²) in [7, 11) is 0. The Bertz CT molecular complexity index is 562. The van der Waals surface area contributed by atoms with E-state index in [0.29, 0.717) is 5.69 Å². The van der Waals surface area contributed by atoms with Crippen LogP contribution in [0.25, 0.3) is 0 Å². The molecule has 0 aromatic heterocycles. The lowest BCUT2D eigenvalue weighted by Crippen LogP contribution is -2.57. The van der Waals surface area contributed by atoms with Crippen LogP contribution >= 0.6 is 0 Å². The molecule has 0 saturated carbocycles. The van der Waals surface area contributed by atoms with Crippen molar-refractivity contribution in [3.63, 3.8) is 0 Å². The molecule has 2 N–H and O–H groups in total. The molecule has 5 nitrogen and oxygen atoms in total. The maximum atomic E-state index is 14.4. The van der Waals surface area contributed by atoms with E-state index in [1.54, 1.807) is 13.0 Å². The van der Waals surface area contributed by atoms with Gasteiger partial charge in [-0.1, -0.05) is 19.1 Å². The molecule has 0 bridgehead atoms. The van der Waals surface area contributed by atoms with Crippen LogP contribution in [0.3, 0.4) is 0 Å². The van der Waals surface area contributed by atoms with E-state index >= 15 is 0 Å². The first kappa shape index (κ1) is 15.4.